The van der Waals surface area contributed by atoms with Gasteiger partial charge in [0.25, 0.3) is 5.91 Å². The van der Waals surface area contributed by atoms with Crippen LogP contribution in [0.1, 0.15) is 35.4 Å². The fraction of sp³-hybridized carbons (Fsp3) is 0.333. The Labute approximate surface area is 184 Å². The summed E-state index contributed by atoms with van der Waals surface area (Å²) in [6.07, 6.45) is 0.650. The number of furan rings is 1. The molecule has 2 heterocycles. The van der Waals surface area contributed by atoms with Gasteiger partial charge in [0, 0.05) is 13.1 Å². The predicted molar refractivity (Wildman–Crippen MR) is 115 cm³/mol. The summed E-state index contributed by atoms with van der Waals surface area (Å²) >= 11 is 12.1. The van der Waals surface area contributed by atoms with Crippen molar-refractivity contribution in [2.75, 3.05) is 13.2 Å². The number of aromatic nitrogens is 2. The van der Waals surface area contributed by atoms with E-state index in [-0.39, 0.29) is 18.3 Å². The number of hydrogen-bond acceptors (Lipinski definition) is 5. The summed E-state index contributed by atoms with van der Waals surface area (Å²) in [4.78, 5) is 12.2. The number of hydrogen-bond donors (Lipinski definition) is 1. The molecule has 0 unspecified atom stereocenters. The summed E-state index contributed by atoms with van der Waals surface area (Å²) in [5.74, 6) is 1.98. The maximum absolute atomic E-state index is 12.2. The number of carbonyl (C=O) groups excluding carboxylic acids is 1. The lowest BCUT2D eigenvalue weighted by molar-refractivity contribution is 0.0920. The van der Waals surface area contributed by atoms with E-state index in [1.807, 2.05) is 31.2 Å². The minimum Gasteiger partial charge on any atom is -0.494 e. The zero-order valence-electron chi connectivity index (χ0n) is 16.8. The number of carbonyl (C=O) groups is 1. The molecule has 1 N–H and O–H groups in total. The van der Waals surface area contributed by atoms with Crippen molar-refractivity contribution in [1.82, 2.24) is 15.1 Å². The Morgan fingerprint density at radius 2 is 1.83 bits per heavy atom. The number of rotatable bonds is 10. The van der Waals surface area contributed by atoms with Gasteiger partial charge in [-0.1, -0.05) is 23.2 Å². The van der Waals surface area contributed by atoms with Gasteiger partial charge >= 0.3 is 0 Å². The third-order valence-corrected chi connectivity index (χ3v) is 5.16. The van der Waals surface area contributed by atoms with Crippen molar-refractivity contribution in [3.05, 3.63) is 63.8 Å². The minimum absolute atomic E-state index is 0.221. The third kappa shape index (κ3) is 5.70. The molecule has 0 bridgehead atoms. The number of halogens is 2. The molecule has 0 atom stereocenters. The van der Waals surface area contributed by atoms with Crippen LogP contribution in [0.2, 0.25) is 10.2 Å². The molecule has 0 aliphatic heterocycles. The summed E-state index contributed by atoms with van der Waals surface area (Å²) in [7, 11) is 0. The van der Waals surface area contributed by atoms with Crippen LogP contribution < -0.4 is 14.8 Å². The van der Waals surface area contributed by atoms with Crippen LogP contribution in [0.3, 0.4) is 0 Å². The maximum Gasteiger partial charge on any atom is 0.286 e. The van der Waals surface area contributed by atoms with Gasteiger partial charge in [-0.05, 0) is 56.7 Å². The summed E-state index contributed by atoms with van der Waals surface area (Å²) < 4.78 is 18.3. The molecule has 0 aliphatic carbocycles. The van der Waals surface area contributed by atoms with E-state index < -0.39 is 0 Å². The van der Waals surface area contributed by atoms with Gasteiger partial charge in [0.2, 0.25) is 0 Å². The second kappa shape index (κ2) is 10.4. The van der Waals surface area contributed by atoms with Gasteiger partial charge in [-0.2, -0.15) is 5.10 Å². The van der Waals surface area contributed by atoms with Gasteiger partial charge in [0.05, 0.1) is 12.3 Å². The molecule has 1 aromatic carbocycles. The molecule has 3 aromatic rings. The number of benzene rings is 1. The Hall–Kier alpha value is -2.64. The first-order valence-corrected chi connectivity index (χ1v) is 10.3. The first kappa shape index (κ1) is 22.1. The molecule has 160 valence electrons. The van der Waals surface area contributed by atoms with Gasteiger partial charge in [0.1, 0.15) is 34.0 Å². The van der Waals surface area contributed by atoms with Crippen LogP contribution in [0.25, 0.3) is 0 Å². The van der Waals surface area contributed by atoms with Gasteiger partial charge in [-0.15, -0.1) is 0 Å². The number of nitrogens with zero attached hydrogens (tertiary/aromatic N) is 2. The van der Waals surface area contributed by atoms with Crippen molar-refractivity contribution in [1.29, 1.82) is 0 Å². The van der Waals surface area contributed by atoms with Gasteiger partial charge in [0.15, 0.2) is 5.76 Å². The lowest BCUT2D eigenvalue weighted by Gasteiger charge is -2.06. The summed E-state index contributed by atoms with van der Waals surface area (Å²) in [6, 6.07) is 10.7. The summed E-state index contributed by atoms with van der Waals surface area (Å²) in [5.41, 5.74) is 0.682. The van der Waals surface area contributed by atoms with E-state index in [9.17, 15) is 4.79 Å². The molecule has 9 heteroatoms. The van der Waals surface area contributed by atoms with Crippen LogP contribution >= 0.6 is 23.2 Å². The first-order chi connectivity index (χ1) is 14.5. The quantitative estimate of drug-likeness (QED) is 0.444. The average Bonchev–Trinajstić information content (AvgIpc) is 3.32. The predicted octanol–water partition coefficient (Wildman–Crippen LogP) is 4.89. The van der Waals surface area contributed by atoms with Gasteiger partial charge in [-0.25, -0.2) is 0 Å². The highest BCUT2D eigenvalue weighted by molar-refractivity contribution is 6.41. The number of aryl methyl sites for hydroxylation is 2. The van der Waals surface area contributed by atoms with E-state index in [0.717, 1.165) is 5.75 Å². The topological polar surface area (TPSA) is 78.5 Å². The SMILES string of the molecule is CCOc1ccc(OCc2ccc(C(=O)NCCCn3nc(C)c(Cl)c3Cl)o2)cc1. The Balaban J connectivity index is 1.42. The molecule has 7 nitrogen and oxygen atoms in total. The van der Waals surface area contributed by atoms with Crippen molar-refractivity contribution in [2.24, 2.45) is 0 Å². The number of nitrogens with one attached hydrogen (secondary N) is 1. The largest absolute Gasteiger partial charge is 0.494 e. The van der Waals surface area contributed by atoms with E-state index in [1.165, 1.54) is 0 Å². The van der Waals surface area contributed by atoms with Crippen LogP contribution in [0.5, 0.6) is 11.5 Å². The Morgan fingerprint density at radius 1 is 1.13 bits per heavy atom. The fourth-order valence-corrected chi connectivity index (χ4v) is 3.12. The number of ether oxygens (including phenoxy) is 2. The van der Waals surface area contributed by atoms with Crippen LogP contribution in [0.4, 0.5) is 0 Å². The molecule has 0 saturated carbocycles. The second-order valence-electron chi connectivity index (χ2n) is 6.48. The van der Waals surface area contributed by atoms with Crippen LogP contribution in [-0.4, -0.2) is 28.8 Å². The van der Waals surface area contributed by atoms with E-state index in [1.54, 1.807) is 23.7 Å². The minimum atomic E-state index is -0.289. The zero-order chi connectivity index (χ0) is 21.5. The molecule has 0 aliphatic rings. The van der Waals surface area contributed by atoms with Crippen molar-refractivity contribution < 1.29 is 18.7 Å². The summed E-state index contributed by atoms with van der Waals surface area (Å²) in [5, 5.41) is 7.92. The van der Waals surface area contributed by atoms with E-state index >= 15 is 0 Å². The number of amides is 1. The molecule has 30 heavy (non-hydrogen) atoms. The molecule has 0 saturated heterocycles. The fourth-order valence-electron chi connectivity index (χ4n) is 2.73. The molecule has 2 aromatic heterocycles. The smallest absolute Gasteiger partial charge is 0.286 e. The second-order valence-corrected chi connectivity index (χ2v) is 7.22. The molecule has 1 amide bonds. The van der Waals surface area contributed by atoms with E-state index in [4.69, 9.17) is 37.1 Å². The maximum atomic E-state index is 12.2. The van der Waals surface area contributed by atoms with Crippen molar-refractivity contribution in [3.63, 3.8) is 0 Å². The normalized spacial score (nSPS) is 10.8. The highest BCUT2D eigenvalue weighted by atomic mass is 35.5. The van der Waals surface area contributed by atoms with Crippen LogP contribution in [-0.2, 0) is 13.2 Å². The Morgan fingerprint density at radius 3 is 2.47 bits per heavy atom. The Kier molecular flexibility index (Phi) is 7.65. The molecule has 0 radical (unpaired) electrons. The van der Waals surface area contributed by atoms with Gasteiger partial charge in [-0.3, -0.25) is 9.48 Å². The van der Waals surface area contributed by atoms with Crippen molar-refractivity contribution >= 4 is 29.1 Å². The van der Waals surface area contributed by atoms with Gasteiger partial charge < -0.3 is 19.2 Å². The Bertz CT molecular complexity index is 983. The van der Waals surface area contributed by atoms with Crippen LogP contribution in [0, 0.1) is 6.92 Å². The molecular formula is C21H23Cl2N3O4. The highest BCUT2D eigenvalue weighted by Gasteiger charge is 2.13. The summed E-state index contributed by atoms with van der Waals surface area (Å²) in [6.45, 7) is 5.56. The first-order valence-electron chi connectivity index (χ1n) is 9.59. The average molecular weight is 452 g/mol. The van der Waals surface area contributed by atoms with Crippen molar-refractivity contribution in [2.45, 2.75) is 33.4 Å². The zero-order valence-corrected chi connectivity index (χ0v) is 18.3. The molecule has 0 fully saturated rings. The standard InChI is InChI=1S/C21H23Cl2N3O4/c1-3-28-15-5-7-16(8-6-15)29-13-17-9-10-18(30-17)21(27)24-11-4-12-26-20(23)19(22)14(2)25-26/h5-10H,3-4,11-13H2,1-2H3,(H,24,27). The van der Waals surface area contributed by atoms with E-state index in [0.29, 0.717) is 53.5 Å². The lowest BCUT2D eigenvalue weighted by atomic mass is 10.3. The molecule has 3 rings (SSSR count). The monoisotopic (exact) mass is 451 g/mol. The lowest BCUT2D eigenvalue weighted by Crippen LogP contribution is -2.25. The highest BCUT2D eigenvalue weighted by Crippen LogP contribution is 2.25. The van der Waals surface area contributed by atoms with Crippen LogP contribution in [0.15, 0.2) is 40.8 Å². The van der Waals surface area contributed by atoms with Crippen molar-refractivity contribution in [3.8, 4) is 11.5 Å². The van der Waals surface area contributed by atoms with E-state index in [2.05, 4.69) is 10.4 Å². The molecule has 0 spiro atoms. The third-order valence-electron chi connectivity index (χ3n) is 4.23. The molecular weight excluding hydrogens is 429 g/mol.